The van der Waals surface area contributed by atoms with Gasteiger partial charge in [0.1, 0.15) is 29.4 Å². The molecule has 1 unspecified atom stereocenters. The third kappa shape index (κ3) is 8.41. The monoisotopic (exact) mass is 922 g/mol. The number of benzene rings is 3. The number of allylic oxidation sites excluding steroid dienone is 1. The molecule has 0 bridgehead atoms. The average Bonchev–Trinajstić information content (AvgIpc) is 4.04. The first-order valence-corrected chi connectivity index (χ1v) is 23.8. The number of piperazine rings is 1. The molecule has 4 aliphatic heterocycles. The Morgan fingerprint density at radius 1 is 0.894 bits per heavy atom. The Bertz CT molecular complexity index is 2860. The summed E-state index contributed by atoms with van der Waals surface area (Å²) in [6.45, 7) is 7.47. The van der Waals surface area contributed by atoms with Crippen molar-refractivity contribution in [3.05, 3.63) is 119 Å². The molecule has 5 aromatic rings. The van der Waals surface area contributed by atoms with Gasteiger partial charge in [-0.2, -0.15) is 12.7 Å². The SMILES string of the molecule is C=C1CCC(N2Cc3cc(N4CCN(C5CCC(Oc6ccc(-c7cnc8[nH]cc(C(=O)c9c(F)ccc(NS(=O)(=O)N%10CC[C@@H](F)C%10)c9F)c8c7)cc6)CC5)CC4)ccc3C2=O)C(=O)N1. The van der Waals surface area contributed by atoms with Crippen molar-refractivity contribution in [3.63, 3.8) is 0 Å². The number of aromatic amines is 1. The van der Waals surface area contributed by atoms with Gasteiger partial charge in [-0.25, -0.2) is 18.2 Å². The van der Waals surface area contributed by atoms with Crippen LogP contribution in [0.5, 0.6) is 5.75 Å². The number of ketones is 1. The smallest absolute Gasteiger partial charge is 0.301 e. The molecule has 1 aliphatic carbocycles. The number of ether oxygens (including phenoxy) is 1. The van der Waals surface area contributed by atoms with E-state index < -0.39 is 51.1 Å². The van der Waals surface area contributed by atoms with Gasteiger partial charge in [0, 0.05) is 97.7 Å². The van der Waals surface area contributed by atoms with E-state index in [1.807, 2.05) is 41.1 Å². The molecule has 14 nitrogen and oxygen atoms in total. The number of hydrogen-bond acceptors (Lipinski definition) is 9. The quantitative estimate of drug-likeness (QED) is 0.123. The Morgan fingerprint density at radius 3 is 2.39 bits per heavy atom. The van der Waals surface area contributed by atoms with Crippen molar-refractivity contribution in [2.45, 2.75) is 75.8 Å². The van der Waals surface area contributed by atoms with Crippen molar-refractivity contribution in [2.24, 2.45) is 0 Å². The molecule has 66 heavy (non-hydrogen) atoms. The van der Waals surface area contributed by atoms with E-state index in [0.29, 0.717) is 53.3 Å². The Kier molecular flexibility index (Phi) is 11.6. The molecule has 5 aliphatic rings. The second-order valence-corrected chi connectivity index (χ2v) is 19.5. The number of H-pyrrole nitrogens is 1. The number of fused-ring (bicyclic) bond motifs is 2. The number of hydrogen-bond donors (Lipinski definition) is 3. The highest BCUT2D eigenvalue weighted by Gasteiger charge is 2.39. The van der Waals surface area contributed by atoms with Crippen molar-refractivity contribution in [3.8, 4) is 16.9 Å². The number of piperidine rings is 1. The number of carbonyl (C=O) groups excluding carboxylic acids is 3. The van der Waals surface area contributed by atoms with Crippen molar-refractivity contribution >= 4 is 50.2 Å². The van der Waals surface area contributed by atoms with Gasteiger partial charge in [0.15, 0.2) is 5.82 Å². The van der Waals surface area contributed by atoms with E-state index in [2.05, 4.69) is 37.7 Å². The second-order valence-electron chi connectivity index (χ2n) is 17.8. The largest absolute Gasteiger partial charge is 0.490 e. The Labute approximate surface area is 380 Å². The zero-order valence-electron chi connectivity index (χ0n) is 36.1. The molecule has 1 saturated carbocycles. The molecule has 2 atom stereocenters. The number of anilines is 2. The van der Waals surface area contributed by atoms with Crippen LogP contribution in [0.4, 0.5) is 24.5 Å². The van der Waals surface area contributed by atoms with Gasteiger partial charge in [-0.3, -0.25) is 24.0 Å². The molecule has 4 fully saturated rings. The molecule has 6 heterocycles. The molecule has 3 saturated heterocycles. The van der Waals surface area contributed by atoms with Crippen molar-refractivity contribution < 1.29 is 40.7 Å². The highest BCUT2D eigenvalue weighted by molar-refractivity contribution is 7.90. The van der Waals surface area contributed by atoms with Gasteiger partial charge in [0.05, 0.1) is 17.4 Å². The summed E-state index contributed by atoms with van der Waals surface area (Å²) in [5.74, 6) is -3.09. The molecule has 10 rings (SSSR count). The van der Waals surface area contributed by atoms with E-state index in [-0.39, 0.29) is 43.0 Å². The van der Waals surface area contributed by atoms with E-state index in [4.69, 9.17) is 4.74 Å². The van der Waals surface area contributed by atoms with Crippen LogP contribution in [0.1, 0.15) is 76.8 Å². The third-order valence-electron chi connectivity index (χ3n) is 13.7. The van der Waals surface area contributed by atoms with Gasteiger partial charge in [0.2, 0.25) is 11.7 Å². The number of amides is 2. The lowest BCUT2D eigenvalue weighted by molar-refractivity contribution is -0.126. The minimum absolute atomic E-state index is 0.00257. The molecule has 18 heteroatoms. The fourth-order valence-corrected chi connectivity index (χ4v) is 11.3. The molecular formula is C48H49F3N8O6S. The first kappa shape index (κ1) is 43.6. The maximum atomic E-state index is 15.8. The molecule has 2 amide bonds. The maximum absolute atomic E-state index is 15.8. The average molecular weight is 923 g/mol. The second kappa shape index (κ2) is 17.5. The molecule has 0 spiro atoms. The summed E-state index contributed by atoms with van der Waals surface area (Å²) in [4.78, 5) is 53.6. The number of carbonyl (C=O) groups is 3. The van der Waals surface area contributed by atoms with Crippen molar-refractivity contribution in [2.75, 3.05) is 48.9 Å². The lowest BCUT2D eigenvalue weighted by Crippen LogP contribution is -2.51. The number of halogens is 3. The van der Waals surface area contributed by atoms with Crippen molar-refractivity contribution in [1.29, 1.82) is 0 Å². The Morgan fingerprint density at radius 2 is 1.67 bits per heavy atom. The summed E-state index contributed by atoms with van der Waals surface area (Å²) >= 11 is 0. The van der Waals surface area contributed by atoms with Gasteiger partial charge >= 0.3 is 10.2 Å². The molecule has 344 valence electrons. The van der Waals surface area contributed by atoms with Gasteiger partial charge in [-0.05, 0) is 105 Å². The van der Waals surface area contributed by atoms with Gasteiger partial charge in [-0.1, -0.05) is 18.7 Å². The van der Waals surface area contributed by atoms with Gasteiger partial charge in [-0.15, -0.1) is 0 Å². The van der Waals surface area contributed by atoms with Crippen LogP contribution < -0.4 is 19.7 Å². The summed E-state index contributed by atoms with van der Waals surface area (Å²) in [6, 6.07) is 17.0. The molecule has 2 aromatic heterocycles. The van der Waals surface area contributed by atoms with Crippen LogP contribution in [0.3, 0.4) is 0 Å². The predicted octanol–water partition coefficient (Wildman–Crippen LogP) is 6.70. The maximum Gasteiger partial charge on any atom is 0.301 e. The van der Waals surface area contributed by atoms with Crippen LogP contribution in [0.15, 0.2) is 85.3 Å². The highest BCUT2D eigenvalue weighted by atomic mass is 32.2. The summed E-state index contributed by atoms with van der Waals surface area (Å²) in [5.41, 5.74) is 3.55. The highest BCUT2D eigenvalue weighted by Crippen LogP contribution is 2.35. The summed E-state index contributed by atoms with van der Waals surface area (Å²) in [5, 5.41) is 3.12. The van der Waals surface area contributed by atoms with Crippen LogP contribution in [-0.4, -0.2) is 114 Å². The van der Waals surface area contributed by atoms with Crippen LogP contribution >= 0.6 is 0 Å². The van der Waals surface area contributed by atoms with Crippen LogP contribution in [0.2, 0.25) is 0 Å². The van der Waals surface area contributed by atoms with Crippen LogP contribution in [0.25, 0.3) is 22.2 Å². The van der Waals surface area contributed by atoms with Crippen LogP contribution in [0, 0.1) is 11.6 Å². The first-order chi connectivity index (χ1) is 31.8. The number of pyridine rings is 1. The van der Waals surface area contributed by atoms with Gasteiger partial charge in [0.25, 0.3) is 5.91 Å². The zero-order chi connectivity index (χ0) is 45.9. The van der Waals surface area contributed by atoms with E-state index in [1.165, 1.54) is 6.20 Å². The summed E-state index contributed by atoms with van der Waals surface area (Å²) in [6.07, 6.45) is 6.81. The number of aromatic nitrogens is 2. The summed E-state index contributed by atoms with van der Waals surface area (Å²) in [7, 11) is -4.36. The first-order valence-electron chi connectivity index (χ1n) is 22.4. The summed E-state index contributed by atoms with van der Waals surface area (Å²) < 4.78 is 79.5. The lowest BCUT2D eigenvalue weighted by atomic mass is 9.91. The third-order valence-corrected chi connectivity index (χ3v) is 15.2. The normalized spacial score (nSPS) is 23.0. The molecular weight excluding hydrogens is 874 g/mol. The number of rotatable bonds is 11. The molecule has 0 radical (unpaired) electrons. The minimum Gasteiger partial charge on any atom is -0.490 e. The number of alkyl halides is 1. The number of nitrogens with zero attached hydrogens (tertiary/aromatic N) is 5. The Balaban J connectivity index is 0.728. The van der Waals surface area contributed by atoms with E-state index in [9.17, 15) is 27.2 Å². The van der Waals surface area contributed by atoms with Gasteiger partial charge < -0.3 is 24.8 Å². The van der Waals surface area contributed by atoms with Crippen molar-refractivity contribution in [1.82, 2.24) is 29.4 Å². The van der Waals surface area contributed by atoms with E-state index >= 15 is 8.78 Å². The van der Waals surface area contributed by atoms with E-state index in [1.54, 1.807) is 17.2 Å². The fourth-order valence-electron chi connectivity index (χ4n) is 10.1. The standard InChI is InChI=1S/C48H49F3N8O6S/c1-28-2-15-42(47(61)54-28)59-26-31-22-34(7-12-37(31)48(59)62)57-20-18-56(19-21-57)33-5-10-36(11-6-33)65-35-8-3-29(4-9-35)30-23-38-39(25-53-46(38)52-24-30)45(60)43-40(50)13-14-41(44(43)51)55-66(63,64)58-17-16-32(49)27-58/h3-4,7-9,12-14,22-25,32-33,36,42,55H,1-2,5-6,10-11,15-21,26-27H2,(H,52,53)(H,54,61)/t32-,33?,36?,42?/m1/s1. The van der Waals surface area contributed by atoms with E-state index in [0.717, 1.165) is 90.9 Å². The minimum atomic E-state index is -4.36. The number of nitrogens with one attached hydrogen (secondary N) is 3. The zero-order valence-corrected chi connectivity index (χ0v) is 36.9. The predicted molar refractivity (Wildman–Crippen MR) is 242 cm³/mol. The lowest BCUT2D eigenvalue weighted by Gasteiger charge is -2.42. The topological polar surface area (TPSA) is 160 Å². The molecule has 3 N–H and O–H groups in total. The molecule has 3 aromatic carbocycles. The fraction of sp³-hybridized carbons (Fsp3) is 0.375. The van der Waals surface area contributed by atoms with Crippen LogP contribution in [-0.2, 0) is 21.5 Å². The Hall–Kier alpha value is -6.24.